The van der Waals surface area contributed by atoms with E-state index < -0.39 is 0 Å². The quantitative estimate of drug-likeness (QED) is 0.547. The SMILES string of the molecule is COc1ccc(Nc2nc(C)nc(NCc3ccc(OC)c(OC)c3)n2)c(OC)c1. The van der Waals surface area contributed by atoms with E-state index >= 15 is 0 Å². The van der Waals surface area contributed by atoms with Crippen LogP contribution in [0, 0.1) is 6.92 Å². The first kappa shape index (κ1) is 21.0. The van der Waals surface area contributed by atoms with Crippen LogP contribution in [0.3, 0.4) is 0 Å². The highest BCUT2D eigenvalue weighted by molar-refractivity contribution is 5.64. The van der Waals surface area contributed by atoms with Gasteiger partial charge < -0.3 is 29.6 Å². The summed E-state index contributed by atoms with van der Waals surface area (Å²) in [7, 11) is 6.41. The second kappa shape index (κ2) is 9.64. The third-order valence-electron chi connectivity index (χ3n) is 4.30. The lowest BCUT2D eigenvalue weighted by Gasteiger charge is -2.13. The van der Waals surface area contributed by atoms with Crippen molar-refractivity contribution >= 4 is 17.6 Å². The second-order valence-electron chi connectivity index (χ2n) is 6.26. The van der Waals surface area contributed by atoms with Crippen molar-refractivity contribution in [1.82, 2.24) is 15.0 Å². The smallest absolute Gasteiger partial charge is 0.232 e. The number of hydrogen-bond acceptors (Lipinski definition) is 9. The average molecular weight is 411 g/mol. The van der Waals surface area contributed by atoms with Crippen molar-refractivity contribution in [2.24, 2.45) is 0 Å². The molecule has 0 aliphatic rings. The molecule has 30 heavy (non-hydrogen) atoms. The highest BCUT2D eigenvalue weighted by Gasteiger charge is 2.10. The number of anilines is 3. The zero-order valence-electron chi connectivity index (χ0n) is 17.6. The number of hydrogen-bond donors (Lipinski definition) is 2. The Balaban J connectivity index is 1.76. The fraction of sp³-hybridized carbons (Fsp3) is 0.286. The van der Waals surface area contributed by atoms with Crippen molar-refractivity contribution in [3.05, 3.63) is 47.8 Å². The van der Waals surface area contributed by atoms with Crippen molar-refractivity contribution in [2.75, 3.05) is 39.1 Å². The van der Waals surface area contributed by atoms with Crippen molar-refractivity contribution < 1.29 is 18.9 Å². The van der Waals surface area contributed by atoms with Crippen molar-refractivity contribution in [1.29, 1.82) is 0 Å². The van der Waals surface area contributed by atoms with E-state index in [1.165, 1.54) is 0 Å². The first-order valence-corrected chi connectivity index (χ1v) is 9.22. The Morgan fingerprint density at radius 1 is 0.733 bits per heavy atom. The minimum atomic E-state index is 0.403. The fourth-order valence-corrected chi connectivity index (χ4v) is 2.81. The summed E-state index contributed by atoms with van der Waals surface area (Å²) in [6.07, 6.45) is 0. The van der Waals surface area contributed by atoms with Crippen molar-refractivity contribution in [3.63, 3.8) is 0 Å². The lowest BCUT2D eigenvalue weighted by molar-refractivity contribution is 0.354. The molecule has 9 heteroatoms. The van der Waals surface area contributed by atoms with Gasteiger partial charge in [-0.3, -0.25) is 0 Å². The van der Waals surface area contributed by atoms with Gasteiger partial charge in [-0.25, -0.2) is 0 Å². The van der Waals surface area contributed by atoms with Crippen LogP contribution in [0.15, 0.2) is 36.4 Å². The lowest BCUT2D eigenvalue weighted by atomic mass is 10.2. The predicted molar refractivity (Wildman–Crippen MR) is 114 cm³/mol. The Morgan fingerprint density at radius 2 is 1.47 bits per heavy atom. The van der Waals surface area contributed by atoms with Crippen LogP contribution in [0.5, 0.6) is 23.0 Å². The van der Waals surface area contributed by atoms with Crippen LogP contribution in [0.2, 0.25) is 0 Å². The Bertz CT molecular complexity index is 1010. The van der Waals surface area contributed by atoms with Crippen LogP contribution < -0.4 is 29.6 Å². The molecule has 1 aromatic heterocycles. The molecule has 3 aromatic rings. The Kier molecular flexibility index (Phi) is 6.74. The molecule has 0 saturated heterocycles. The summed E-state index contributed by atoms with van der Waals surface area (Å²) in [5.41, 5.74) is 1.71. The van der Waals surface area contributed by atoms with E-state index in [4.69, 9.17) is 18.9 Å². The molecule has 0 amide bonds. The molecular formula is C21H25N5O4. The first-order chi connectivity index (χ1) is 14.6. The molecule has 2 aromatic carbocycles. The molecule has 0 spiro atoms. The van der Waals surface area contributed by atoms with Gasteiger partial charge in [0.1, 0.15) is 17.3 Å². The summed E-state index contributed by atoms with van der Waals surface area (Å²) in [4.78, 5) is 13.2. The molecule has 0 aliphatic carbocycles. The van der Waals surface area contributed by atoms with Gasteiger partial charge in [-0.15, -0.1) is 0 Å². The average Bonchev–Trinajstić information content (AvgIpc) is 2.77. The minimum absolute atomic E-state index is 0.403. The number of nitrogens with one attached hydrogen (secondary N) is 2. The van der Waals surface area contributed by atoms with Gasteiger partial charge in [-0.1, -0.05) is 6.07 Å². The van der Waals surface area contributed by atoms with Crippen LogP contribution in [0.25, 0.3) is 0 Å². The predicted octanol–water partition coefficient (Wildman–Crippen LogP) is 3.57. The number of nitrogens with zero attached hydrogens (tertiary/aromatic N) is 3. The molecule has 0 aliphatic heterocycles. The number of aromatic nitrogens is 3. The molecule has 3 rings (SSSR count). The van der Waals surface area contributed by atoms with Gasteiger partial charge in [0, 0.05) is 12.6 Å². The van der Waals surface area contributed by atoms with Crippen LogP contribution in [-0.2, 0) is 6.54 Å². The molecule has 9 nitrogen and oxygen atoms in total. The molecule has 0 bridgehead atoms. The summed E-state index contributed by atoms with van der Waals surface area (Å²) >= 11 is 0. The summed E-state index contributed by atoms with van der Waals surface area (Å²) in [6.45, 7) is 2.31. The van der Waals surface area contributed by atoms with Gasteiger partial charge in [0.2, 0.25) is 11.9 Å². The zero-order chi connectivity index (χ0) is 21.5. The maximum Gasteiger partial charge on any atom is 0.232 e. The normalized spacial score (nSPS) is 10.3. The topological polar surface area (TPSA) is 99.7 Å². The first-order valence-electron chi connectivity index (χ1n) is 9.22. The van der Waals surface area contributed by atoms with E-state index in [1.54, 1.807) is 41.4 Å². The lowest BCUT2D eigenvalue weighted by Crippen LogP contribution is -2.09. The second-order valence-corrected chi connectivity index (χ2v) is 6.26. The van der Waals surface area contributed by atoms with E-state index in [-0.39, 0.29) is 0 Å². The number of aryl methyl sites for hydroxylation is 1. The number of rotatable bonds is 9. The van der Waals surface area contributed by atoms with Crippen molar-refractivity contribution in [3.8, 4) is 23.0 Å². The van der Waals surface area contributed by atoms with E-state index in [0.717, 1.165) is 11.3 Å². The molecular weight excluding hydrogens is 386 g/mol. The van der Waals surface area contributed by atoms with Gasteiger partial charge in [-0.05, 0) is 36.8 Å². The summed E-state index contributed by atoms with van der Waals surface area (Å²) in [5.74, 6) is 4.09. The molecule has 2 N–H and O–H groups in total. The van der Waals surface area contributed by atoms with E-state index in [2.05, 4.69) is 25.6 Å². The van der Waals surface area contributed by atoms with E-state index in [9.17, 15) is 0 Å². The molecule has 0 radical (unpaired) electrons. The van der Waals surface area contributed by atoms with Crippen LogP contribution in [-0.4, -0.2) is 43.4 Å². The Morgan fingerprint density at radius 3 is 2.17 bits per heavy atom. The van der Waals surface area contributed by atoms with E-state index in [1.807, 2.05) is 30.3 Å². The Labute approximate surface area is 175 Å². The van der Waals surface area contributed by atoms with Gasteiger partial charge in [0.15, 0.2) is 11.5 Å². The highest BCUT2D eigenvalue weighted by Crippen LogP contribution is 2.31. The third kappa shape index (κ3) is 4.99. The summed E-state index contributed by atoms with van der Waals surface area (Å²) in [6, 6.07) is 11.2. The fourth-order valence-electron chi connectivity index (χ4n) is 2.81. The molecule has 0 saturated carbocycles. The summed E-state index contributed by atoms with van der Waals surface area (Å²) < 4.78 is 21.3. The minimum Gasteiger partial charge on any atom is -0.497 e. The monoisotopic (exact) mass is 411 g/mol. The Hall–Kier alpha value is -3.75. The standard InChI is InChI=1S/C21H25N5O4/c1-13-23-20(22-12-14-6-9-17(28-3)19(10-14)30-5)26-21(24-13)25-16-8-7-15(27-2)11-18(16)29-4/h6-11H,12H2,1-5H3,(H2,22,23,24,25,26). The molecule has 0 atom stereocenters. The highest BCUT2D eigenvalue weighted by atomic mass is 16.5. The molecule has 0 unspecified atom stereocenters. The maximum atomic E-state index is 5.42. The number of methoxy groups -OCH3 is 4. The maximum absolute atomic E-state index is 5.42. The third-order valence-corrected chi connectivity index (χ3v) is 4.30. The van der Waals surface area contributed by atoms with Gasteiger partial charge in [0.05, 0.1) is 34.1 Å². The van der Waals surface area contributed by atoms with Gasteiger partial charge in [0.25, 0.3) is 0 Å². The van der Waals surface area contributed by atoms with Crippen LogP contribution in [0.1, 0.15) is 11.4 Å². The molecule has 0 fully saturated rings. The summed E-state index contributed by atoms with van der Waals surface area (Å²) in [5, 5.41) is 6.38. The largest absolute Gasteiger partial charge is 0.497 e. The van der Waals surface area contributed by atoms with Gasteiger partial charge in [-0.2, -0.15) is 15.0 Å². The number of ether oxygens (including phenoxy) is 4. The number of benzene rings is 2. The molecule has 1 heterocycles. The van der Waals surface area contributed by atoms with Crippen molar-refractivity contribution in [2.45, 2.75) is 13.5 Å². The van der Waals surface area contributed by atoms with Crippen LogP contribution >= 0.6 is 0 Å². The molecule has 158 valence electrons. The van der Waals surface area contributed by atoms with Gasteiger partial charge >= 0.3 is 0 Å². The van der Waals surface area contributed by atoms with Crippen LogP contribution in [0.4, 0.5) is 17.6 Å². The zero-order valence-corrected chi connectivity index (χ0v) is 17.6. The van der Waals surface area contributed by atoms with E-state index in [0.29, 0.717) is 47.3 Å².